The summed E-state index contributed by atoms with van der Waals surface area (Å²) in [5.41, 5.74) is 0. The summed E-state index contributed by atoms with van der Waals surface area (Å²) in [7, 11) is 0. The van der Waals surface area contributed by atoms with Crippen LogP contribution in [0.1, 0.15) is 12.8 Å². The van der Waals surface area contributed by atoms with E-state index in [9.17, 15) is 5.11 Å². The van der Waals surface area contributed by atoms with Crippen molar-refractivity contribution < 1.29 is 5.11 Å². The second-order valence-corrected chi connectivity index (χ2v) is 4.24. The van der Waals surface area contributed by atoms with Gasteiger partial charge in [0.05, 0.1) is 6.10 Å². The largest absolute Gasteiger partial charge is 0.391 e. The Hall–Kier alpha value is -0.390. The van der Waals surface area contributed by atoms with Crippen molar-refractivity contribution in [1.29, 1.82) is 0 Å². The molecule has 0 aliphatic heterocycles. The number of hydrogen-bond acceptors (Lipinski definition) is 5. The second kappa shape index (κ2) is 3.77. The molecule has 1 unspecified atom stereocenters. The van der Waals surface area contributed by atoms with Gasteiger partial charge in [-0.1, -0.05) is 0 Å². The van der Waals surface area contributed by atoms with Crippen LogP contribution in [0.4, 0.5) is 5.13 Å². The molecule has 1 saturated carbocycles. The molecular formula is C7H10ClN3OS. The maximum absolute atomic E-state index is 9.52. The van der Waals surface area contributed by atoms with Gasteiger partial charge in [-0.15, -0.1) is 0 Å². The average Bonchev–Trinajstić information content (AvgIpc) is 2.87. The summed E-state index contributed by atoms with van der Waals surface area (Å²) in [6, 6.07) is 0. The molecule has 1 aliphatic carbocycles. The first-order valence-electron chi connectivity index (χ1n) is 4.17. The topological polar surface area (TPSA) is 58.0 Å². The highest BCUT2D eigenvalue weighted by molar-refractivity contribution is 7.09. The maximum Gasteiger partial charge on any atom is 0.236 e. The van der Waals surface area contributed by atoms with E-state index in [4.69, 9.17) is 11.6 Å². The molecule has 1 aromatic rings. The Balaban J connectivity index is 1.78. The minimum atomic E-state index is -0.261. The molecule has 0 bridgehead atoms. The molecule has 13 heavy (non-hydrogen) atoms. The summed E-state index contributed by atoms with van der Waals surface area (Å²) in [5.74, 6) is 0.482. The van der Waals surface area contributed by atoms with Crippen molar-refractivity contribution in [1.82, 2.24) is 9.36 Å². The Morgan fingerprint density at radius 2 is 2.46 bits per heavy atom. The van der Waals surface area contributed by atoms with E-state index in [0.29, 0.717) is 17.6 Å². The van der Waals surface area contributed by atoms with E-state index in [1.807, 2.05) is 0 Å². The number of rotatable bonds is 4. The molecule has 1 heterocycles. The molecule has 1 aromatic heterocycles. The molecule has 4 nitrogen and oxygen atoms in total. The normalized spacial score (nSPS) is 18.6. The van der Waals surface area contributed by atoms with Crippen LogP contribution >= 0.6 is 23.1 Å². The Morgan fingerprint density at radius 1 is 1.69 bits per heavy atom. The molecule has 2 N–H and O–H groups in total. The highest BCUT2D eigenvalue weighted by Crippen LogP contribution is 2.32. The molecule has 0 amide bonds. The molecular weight excluding hydrogens is 210 g/mol. The monoisotopic (exact) mass is 219 g/mol. The van der Waals surface area contributed by atoms with Crippen LogP contribution in [0.5, 0.6) is 0 Å². The lowest BCUT2D eigenvalue weighted by atomic mass is 10.2. The van der Waals surface area contributed by atoms with Crippen LogP contribution in [0.3, 0.4) is 0 Å². The lowest BCUT2D eigenvalue weighted by Crippen LogP contribution is -2.21. The number of nitrogens with one attached hydrogen (secondary N) is 1. The first-order chi connectivity index (χ1) is 6.25. The van der Waals surface area contributed by atoms with Gasteiger partial charge in [0.1, 0.15) is 0 Å². The van der Waals surface area contributed by atoms with Crippen LogP contribution in [-0.2, 0) is 0 Å². The number of aliphatic hydroxyl groups excluding tert-OH is 1. The van der Waals surface area contributed by atoms with E-state index < -0.39 is 0 Å². The van der Waals surface area contributed by atoms with E-state index in [1.54, 1.807) is 0 Å². The number of anilines is 1. The first kappa shape index (κ1) is 9.18. The lowest BCUT2D eigenvalue weighted by molar-refractivity contribution is 0.164. The van der Waals surface area contributed by atoms with E-state index in [1.165, 1.54) is 11.5 Å². The van der Waals surface area contributed by atoms with Crippen molar-refractivity contribution in [2.24, 2.45) is 5.92 Å². The molecule has 0 aromatic carbocycles. The third kappa shape index (κ3) is 2.52. The van der Waals surface area contributed by atoms with Crippen LogP contribution in [-0.4, -0.2) is 27.1 Å². The van der Waals surface area contributed by atoms with Crippen molar-refractivity contribution in [3.63, 3.8) is 0 Å². The van der Waals surface area contributed by atoms with E-state index in [0.717, 1.165) is 12.8 Å². The molecule has 2 rings (SSSR count). The van der Waals surface area contributed by atoms with Crippen molar-refractivity contribution in [2.45, 2.75) is 18.9 Å². The van der Waals surface area contributed by atoms with Crippen LogP contribution in [0.15, 0.2) is 0 Å². The zero-order valence-corrected chi connectivity index (χ0v) is 8.48. The van der Waals surface area contributed by atoms with Gasteiger partial charge in [0.2, 0.25) is 10.4 Å². The van der Waals surface area contributed by atoms with Gasteiger partial charge in [-0.3, -0.25) is 0 Å². The molecule has 0 spiro atoms. The minimum Gasteiger partial charge on any atom is -0.391 e. The van der Waals surface area contributed by atoms with Crippen LogP contribution in [0.2, 0.25) is 5.28 Å². The van der Waals surface area contributed by atoms with Gasteiger partial charge in [0.15, 0.2) is 0 Å². The molecule has 1 atom stereocenters. The highest BCUT2D eigenvalue weighted by Gasteiger charge is 2.29. The van der Waals surface area contributed by atoms with E-state index >= 15 is 0 Å². The summed E-state index contributed by atoms with van der Waals surface area (Å²) >= 11 is 6.74. The predicted octanol–water partition coefficient (Wildman–Crippen LogP) is 1.37. The maximum atomic E-state index is 9.52. The minimum absolute atomic E-state index is 0.258. The van der Waals surface area contributed by atoms with Crippen LogP contribution < -0.4 is 5.32 Å². The van der Waals surface area contributed by atoms with Gasteiger partial charge in [0.25, 0.3) is 0 Å². The number of nitrogens with zero attached hydrogens (tertiary/aromatic N) is 2. The third-order valence-electron chi connectivity index (χ3n) is 2.03. The van der Waals surface area contributed by atoms with Crippen molar-refractivity contribution in [2.75, 3.05) is 11.9 Å². The van der Waals surface area contributed by atoms with Gasteiger partial charge in [0, 0.05) is 18.1 Å². The van der Waals surface area contributed by atoms with Crippen molar-refractivity contribution >= 4 is 28.3 Å². The quantitative estimate of drug-likeness (QED) is 0.803. The van der Waals surface area contributed by atoms with E-state index in [-0.39, 0.29) is 11.4 Å². The third-order valence-corrected chi connectivity index (χ3v) is 2.97. The number of hydrogen-bond donors (Lipinski definition) is 2. The number of halogens is 1. The van der Waals surface area contributed by atoms with Gasteiger partial charge < -0.3 is 10.4 Å². The SMILES string of the molecule is OC(CNc1nc(Cl)ns1)C1CC1. The standard InChI is InChI=1S/C7H10ClN3OS/c8-6-10-7(13-11-6)9-3-5(12)4-1-2-4/h4-5,12H,1-3H2,(H,9,10,11). The molecule has 1 aliphatic rings. The van der Waals surface area contributed by atoms with Crippen molar-refractivity contribution in [3.05, 3.63) is 5.28 Å². The lowest BCUT2D eigenvalue weighted by Gasteiger charge is -2.08. The summed E-state index contributed by atoms with van der Waals surface area (Å²) in [6.45, 7) is 0.538. The molecule has 1 fully saturated rings. The Morgan fingerprint density at radius 3 is 3.00 bits per heavy atom. The fourth-order valence-electron chi connectivity index (χ4n) is 1.12. The van der Waals surface area contributed by atoms with Gasteiger partial charge in [-0.05, 0) is 30.4 Å². The van der Waals surface area contributed by atoms with Crippen LogP contribution in [0, 0.1) is 5.92 Å². The number of aliphatic hydroxyl groups is 1. The predicted molar refractivity (Wildman–Crippen MR) is 52.1 cm³/mol. The zero-order chi connectivity index (χ0) is 9.26. The smallest absolute Gasteiger partial charge is 0.236 e. The second-order valence-electron chi connectivity index (χ2n) is 3.15. The fraction of sp³-hybridized carbons (Fsp3) is 0.714. The fourth-order valence-corrected chi connectivity index (χ4v) is 1.83. The molecule has 0 saturated heterocycles. The van der Waals surface area contributed by atoms with Crippen LogP contribution in [0.25, 0.3) is 0 Å². The Kier molecular flexibility index (Phi) is 2.66. The number of aromatic nitrogens is 2. The molecule has 6 heteroatoms. The van der Waals surface area contributed by atoms with Gasteiger partial charge >= 0.3 is 0 Å². The van der Waals surface area contributed by atoms with Crippen molar-refractivity contribution in [3.8, 4) is 0 Å². The van der Waals surface area contributed by atoms with Gasteiger partial charge in [-0.25, -0.2) is 0 Å². The first-order valence-corrected chi connectivity index (χ1v) is 5.32. The summed E-state index contributed by atoms with van der Waals surface area (Å²) in [5, 5.41) is 13.4. The van der Waals surface area contributed by atoms with E-state index in [2.05, 4.69) is 14.7 Å². The highest BCUT2D eigenvalue weighted by atomic mass is 35.5. The van der Waals surface area contributed by atoms with Gasteiger partial charge in [-0.2, -0.15) is 9.36 Å². The summed E-state index contributed by atoms with van der Waals surface area (Å²) in [6.07, 6.45) is 2.02. The molecule has 0 radical (unpaired) electrons. The Labute approximate surface area is 85.1 Å². The summed E-state index contributed by atoms with van der Waals surface area (Å²) < 4.78 is 3.81. The zero-order valence-electron chi connectivity index (χ0n) is 6.90. The average molecular weight is 220 g/mol. The summed E-state index contributed by atoms with van der Waals surface area (Å²) in [4.78, 5) is 3.91. The molecule has 72 valence electrons. The Bertz CT molecular complexity index is 289.